The van der Waals surface area contributed by atoms with Crippen LogP contribution in [0.25, 0.3) is 0 Å². The van der Waals surface area contributed by atoms with Crippen LogP contribution in [0.5, 0.6) is 0 Å². The van der Waals surface area contributed by atoms with E-state index >= 15 is 0 Å². The molecule has 2 N–H and O–H groups in total. The lowest BCUT2D eigenvalue weighted by atomic mass is 10.1. The molecule has 0 saturated carbocycles. The molecule has 0 radical (unpaired) electrons. The average Bonchev–Trinajstić information content (AvgIpc) is 2.68. The Balaban J connectivity index is 2.08. The summed E-state index contributed by atoms with van der Waals surface area (Å²) in [7, 11) is 0. The van der Waals surface area contributed by atoms with Crippen LogP contribution >= 0.6 is 0 Å². The molecular weight excluding hydrogens is 176 g/mol. The number of rotatable bonds is 3. The quantitative estimate of drug-likeness (QED) is 0.785. The Morgan fingerprint density at radius 3 is 2.86 bits per heavy atom. The maximum absolute atomic E-state index is 5.43. The molecule has 1 heterocycles. The van der Waals surface area contributed by atoms with Crippen LogP contribution < -0.4 is 5.73 Å². The maximum atomic E-state index is 5.43. The zero-order valence-electron chi connectivity index (χ0n) is 8.02. The number of ether oxygens (including phenoxy) is 1. The summed E-state index contributed by atoms with van der Waals surface area (Å²) in [6.07, 6.45) is 0.739. The summed E-state index contributed by atoms with van der Waals surface area (Å²) in [6.45, 7) is 1.25. The van der Waals surface area contributed by atoms with Gasteiger partial charge >= 0.3 is 0 Å². The highest BCUT2D eigenvalue weighted by atomic mass is 16.5. The second-order valence-electron chi connectivity index (χ2n) is 3.30. The van der Waals surface area contributed by atoms with Crippen molar-refractivity contribution in [3.8, 4) is 0 Å². The molecule has 1 aromatic rings. The molecule has 0 saturated heterocycles. The van der Waals surface area contributed by atoms with Crippen molar-refractivity contribution in [3.63, 3.8) is 0 Å². The summed E-state index contributed by atoms with van der Waals surface area (Å²) in [4.78, 5) is 4.46. The van der Waals surface area contributed by atoms with Gasteiger partial charge in [0.15, 0.2) is 5.90 Å². The minimum Gasteiger partial charge on any atom is -0.478 e. The van der Waals surface area contributed by atoms with Gasteiger partial charge in [-0.3, -0.25) is 0 Å². The topological polar surface area (TPSA) is 47.6 Å². The number of aliphatic imine (C=N–C) groups is 1. The van der Waals surface area contributed by atoms with Crippen LogP contribution in [0.4, 0.5) is 0 Å². The number of benzene rings is 1. The highest BCUT2D eigenvalue weighted by Gasteiger charge is 2.19. The highest BCUT2D eigenvalue weighted by molar-refractivity contribution is 5.78. The zero-order valence-corrected chi connectivity index (χ0v) is 8.02. The maximum Gasteiger partial charge on any atom is 0.185 e. The molecule has 0 spiro atoms. The Morgan fingerprint density at radius 1 is 1.36 bits per heavy atom. The lowest BCUT2D eigenvalue weighted by molar-refractivity contribution is 0.312. The number of nitrogens with zero attached hydrogens (tertiary/aromatic N) is 1. The fraction of sp³-hybridized carbons (Fsp3) is 0.364. The highest BCUT2D eigenvalue weighted by Crippen LogP contribution is 2.22. The van der Waals surface area contributed by atoms with Gasteiger partial charge < -0.3 is 10.5 Å². The van der Waals surface area contributed by atoms with E-state index in [-0.39, 0.29) is 6.04 Å². The Hall–Kier alpha value is -1.35. The minimum absolute atomic E-state index is 0.165. The fourth-order valence-corrected chi connectivity index (χ4v) is 1.53. The molecule has 1 unspecified atom stereocenters. The van der Waals surface area contributed by atoms with Crippen molar-refractivity contribution in [2.75, 3.05) is 13.2 Å². The van der Waals surface area contributed by atoms with Crippen molar-refractivity contribution >= 4 is 5.90 Å². The molecule has 0 aromatic heterocycles. The zero-order chi connectivity index (χ0) is 9.80. The minimum atomic E-state index is 0.165. The van der Waals surface area contributed by atoms with Gasteiger partial charge in [0.25, 0.3) is 0 Å². The van der Waals surface area contributed by atoms with E-state index in [4.69, 9.17) is 10.5 Å². The third-order valence-corrected chi connectivity index (χ3v) is 2.25. The molecule has 1 aliphatic heterocycles. The summed E-state index contributed by atoms with van der Waals surface area (Å²) >= 11 is 0. The van der Waals surface area contributed by atoms with Crippen LogP contribution in [0.15, 0.2) is 35.3 Å². The molecule has 3 heteroatoms. The first-order valence-corrected chi connectivity index (χ1v) is 4.84. The van der Waals surface area contributed by atoms with Crippen molar-refractivity contribution < 1.29 is 4.74 Å². The molecule has 0 fully saturated rings. The molecule has 1 aliphatic rings. The summed E-state index contributed by atoms with van der Waals surface area (Å²) in [5.41, 5.74) is 6.64. The second-order valence-corrected chi connectivity index (χ2v) is 3.30. The first-order valence-electron chi connectivity index (χ1n) is 4.84. The Bertz CT molecular complexity index is 321. The van der Waals surface area contributed by atoms with E-state index in [2.05, 4.69) is 17.1 Å². The van der Waals surface area contributed by atoms with Crippen LogP contribution in [-0.4, -0.2) is 19.0 Å². The molecule has 74 valence electrons. The van der Waals surface area contributed by atoms with Gasteiger partial charge in [-0.05, 0) is 5.56 Å². The normalized spacial score (nSPS) is 20.4. The van der Waals surface area contributed by atoms with Crippen molar-refractivity contribution in [1.29, 1.82) is 0 Å². The van der Waals surface area contributed by atoms with Gasteiger partial charge in [0.05, 0.1) is 0 Å². The fourth-order valence-electron chi connectivity index (χ4n) is 1.53. The van der Waals surface area contributed by atoms with Crippen molar-refractivity contribution in [2.24, 2.45) is 10.7 Å². The summed E-state index contributed by atoms with van der Waals surface area (Å²) < 4.78 is 5.43. The van der Waals surface area contributed by atoms with Gasteiger partial charge in [-0.2, -0.15) is 0 Å². The lowest BCUT2D eigenvalue weighted by Gasteiger charge is -2.03. The van der Waals surface area contributed by atoms with Gasteiger partial charge in [0, 0.05) is 13.0 Å². The van der Waals surface area contributed by atoms with Crippen molar-refractivity contribution in [2.45, 2.75) is 12.5 Å². The van der Waals surface area contributed by atoms with Crippen LogP contribution in [0, 0.1) is 0 Å². The molecule has 1 aromatic carbocycles. The van der Waals surface area contributed by atoms with E-state index in [1.54, 1.807) is 0 Å². The van der Waals surface area contributed by atoms with Gasteiger partial charge in [-0.25, -0.2) is 4.99 Å². The molecule has 0 amide bonds. The Labute approximate surface area is 83.6 Å². The predicted octanol–water partition coefficient (Wildman–Crippen LogP) is 1.51. The van der Waals surface area contributed by atoms with E-state index in [1.165, 1.54) is 5.56 Å². The summed E-state index contributed by atoms with van der Waals surface area (Å²) in [6, 6.07) is 10.4. The van der Waals surface area contributed by atoms with Gasteiger partial charge in [-0.15, -0.1) is 0 Å². The monoisotopic (exact) mass is 190 g/mol. The van der Waals surface area contributed by atoms with Crippen LogP contribution in [0.2, 0.25) is 0 Å². The van der Waals surface area contributed by atoms with E-state index in [1.807, 2.05) is 18.2 Å². The van der Waals surface area contributed by atoms with Gasteiger partial charge in [0.1, 0.15) is 12.6 Å². The van der Waals surface area contributed by atoms with Crippen LogP contribution in [0.3, 0.4) is 0 Å². The standard InChI is InChI=1S/C11H14N2O/c12-7-6-11-13-10(8-14-11)9-4-2-1-3-5-9/h1-5,10H,6-8,12H2. The first kappa shape index (κ1) is 9.21. The molecule has 2 rings (SSSR count). The Kier molecular flexibility index (Phi) is 2.79. The van der Waals surface area contributed by atoms with Gasteiger partial charge in [0.2, 0.25) is 0 Å². The number of hydrogen-bond acceptors (Lipinski definition) is 3. The molecule has 0 bridgehead atoms. The van der Waals surface area contributed by atoms with Gasteiger partial charge in [-0.1, -0.05) is 30.3 Å². The first-order chi connectivity index (χ1) is 6.90. The average molecular weight is 190 g/mol. The third-order valence-electron chi connectivity index (χ3n) is 2.25. The molecule has 0 aliphatic carbocycles. The molecular formula is C11H14N2O. The largest absolute Gasteiger partial charge is 0.478 e. The predicted molar refractivity (Wildman–Crippen MR) is 56.2 cm³/mol. The Morgan fingerprint density at radius 2 is 2.14 bits per heavy atom. The van der Waals surface area contributed by atoms with E-state index in [0.717, 1.165) is 12.3 Å². The van der Waals surface area contributed by atoms with E-state index < -0.39 is 0 Å². The van der Waals surface area contributed by atoms with Crippen LogP contribution in [0.1, 0.15) is 18.0 Å². The SMILES string of the molecule is NCCC1=NC(c2ccccc2)CO1. The second kappa shape index (κ2) is 4.24. The van der Waals surface area contributed by atoms with E-state index in [0.29, 0.717) is 13.2 Å². The summed E-state index contributed by atoms with van der Waals surface area (Å²) in [5.74, 6) is 0.793. The number of nitrogens with two attached hydrogens (primary N) is 1. The molecule has 3 nitrogen and oxygen atoms in total. The number of hydrogen-bond donors (Lipinski definition) is 1. The van der Waals surface area contributed by atoms with Crippen molar-refractivity contribution in [3.05, 3.63) is 35.9 Å². The lowest BCUT2D eigenvalue weighted by Crippen LogP contribution is -2.07. The summed E-state index contributed by atoms with van der Waals surface area (Å²) in [5, 5.41) is 0. The van der Waals surface area contributed by atoms with E-state index in [9.17, 15) is 0 Å². The van der Waals surface area contributed by atoms with Crippen molar-refractivity contribution in [1.82, 2.24) is 0 Å². The smallest absolute Gasteiger partial charge is 0.185 e. The third kappa shape index (κ3) is 1.93. The molecule has 1 atom stereocenters. The molecule has 14 heavy (non-hydrogen) atoms. The van der Waals surface area contributed by atoms with Crippen LogP contribution in [-0.2, 0) is 4.74 Å².